The topological polar surface area (TPSA) is 52.3 Å². The van der Waals surface area contributed by atoms with Gasteiger partial charge in [-0.3, -0.25) is 4.79 Å². The normalized spacial score (nSPS) is 11.7. The second-order valence-electron chi connectivity index (χ2n) is 2.76. The highest BCUT2D eigenvalue weighted by Gasteiger charge is 2.13. The van der Waals surface area contributed by atoms with Gasteiger partial charge in [0.15, 0.2) is 0 Å². The highest BCUT2D eigenvalue weighted by molar-refractivity contribution is 7.16. The van der Waals surface area contributed by atoms with Gasteiger partial charge in [0.1, 0.15) is 0 Å². The molecule has 1 rings (SSSR count). The van der Waals surface area contributed by atoms with Crippen LogP contribution in [-0.4, -0.2) is 12.6 Å². The number of ether oxygens (including phenoxy) is 1. The number of nitrogens with two attached hydrogens (primary N) is 1. The minimum Gasteiger partial charge on any atom is -0.466 e. The first-order valence-electron chi connectivity index (χ1n) is 4.30. The van der Waals surface area contributed by atoms with Crippen molar-refractivity contribution in [3.63, 3.8) is 0 Å². The fraction of sp³-hybridized carbons (Fsp3) is 0.444. The summed E-state index contributed by atoms with van der Waals surface area (Å²) in [7, 11) is 0. The lowest BCUT2D eigenvalue weighted by molar-refractivity contribution is -0.143. The van der Waals surface area contributed by atoms with Gasteiger partial charge in [-0.25, -0.2) is 0 Å². The second kappa shape index (κ2) is 7.06. The maximum atomic E-state index is 11.1. The van der Waals surface area contributed by atoms with Crippen LogP contribution in [0.3, 0.4) is 0 Å². The van der Waals surface area contributed by atoms with E-state index in [4.69, 9.17) is 22.1 Å². The van der Waals surface area contributed by atoms with E-state index in [-0.39, 0.29) is 30.8 Å². The van der Waals surface area contributed by atoms with Crippen molar-refractivity contribution in [3.8, 4) is 0 Å². The Morgan fingerprint density at radius 2 is 2.33 bits per heavy atom. The van der Waals surface area contributed by atoms with Crippen LogP contribution >= 0.6 is 35.3 Å². The molecule has 15 heavy (non-hydrogen) atoms. The van der Waals surface area contributed by atoms with Crippen molar-refractivity contribution in [2.45, 2.75) is 19.4 Å². The van der Waals surface area contributed by atoms with Crippen molar-refractivity contribution in [1.82, 2.24) is 0 Å². The van der Waals surface area contributed by atoms with Crippen LogP contribution in [0.4, 0.5) is 0 Å². The van der Waals surface area contributed by atoms with Gasteiger partial charge in [0.05, 0.1) is 17.4 Å². The second-order valence-corrected chi connectivity index (χ2v) is 4.50. The molecule has 0 bridgehead atoms. The van der Waals surface area contributed by atoms with Crippen LogP contribution in [0.15, 0.2) is 12.1 Å². The third-order valence-corrected chi connectivity index (χ3v) is 3.01. The number of esters is 1. The lowest BCUT2D eigenvalue weighted by atomic mass is 10.2. The summed E-state index contributed by atoms with van der Waals surface area (Å²) in [5.74, 6) is -0.274. The van der Waals surface area contributed by atoms with Gasteiger partial charge in [-0.15, -0.1) is 23.7 Å². The zero-order chi connectivity index (χ0) is 10.6. The first-order valence-corrected chi connectivity index (χ1v) is 5.49. The molecule has 0 saturated heterocycles. The Morgan fingerprint density at radius 3 is 2.80 bits per heavy atom. The molecule has 1 aromatic rings. The van der Waals surface area contributed by atoms with E-state index < -0.39 is 0 Å². The number of rotatable bonds is 4. The Balaban J connectivity index is 0.00000196. The highest BCUT2D eigenvalue weighted by atomic mass is 35.5. The van der Waals surface area contributed by atoms with Crippen LogP contribution in [0.2, 0.25) is 4.34 Å². The van der Waals surface area contributed by atoms with Gasteiger partial charge >= 0.3 is 5.97 Å². The van der Waals surface area contributed by atoms with Crippen molar-refractivity contribution in [3.05, 3.63) is 21.3 Å². The Labute approximate surface area is 104 Å². The zero-order valence-corrected chi connectivity index (χ0v) is 10.6. The summed E-state index contributed by atoms with van der Waals surface area (Å²) >= 11 is 7.14. The maximum absolute atomic E-state index is 11.1. The molecule has 0 aliphatic rings. The van der Waals surface area contributed by atoms with Crippen molar-refractivity contribution in [2.24, 2.45) is 5.73 Å². The van der Waals surface area contributed by atoms with Gasteiger partial charge in [-0.1, -0.05) is 11.6 Å². The highest BCUT2D eigenvalue weighted by Crippen LogP contribution is 2.27. The smallest absolute Gasteiger partial charge is 0.307 e. The Kier molecular flexibility index (Phi) is 6.92. The average molecular weight is 270 g/mol. The van der Waals surface area contributed by atoms with Crippen LogP contribution < -0.4 is 5.73 Å². The average Bonchev–Trinajstić information content (AvgIpc) is 2.52. The molecule has 3 nitrogen and oxygen atoms in total. The quantitative estimate of drug-likeness (QED) is 0.856. The van der Waals surface area contributed by atoms with Crippen LogP contribution in [-0.2, 0) is 9.53 Å². The predicted molar refractivity (Wildman–Crippen MR) is 64.8 cm³/mol. The van der Waals surface area contributed by atoms with E-state index in [0.717, 1.165) is 4.88 Å². The molecule has 2 N–H and O–H groups in total. The number of thiophene rings is 1. The number of halogens is 2. The van der Waals surface area contributed by atoms with E-state index in [2.05, 4.69) is 0 Å². The standard InChI is InChI=1S/C9H12ClNO2S.ClH/c1-2-13-9(12)5-6(11)7-3-4-8(10)14-7;/h3-4,6H,2,5,11H2,1H3;1H/t6-;/m1./s1. The molecule has 0 aliphatic carbocycles. The van der Waals surface area contributed by atoms with Crippen LogP contribution in [0.25, 0.3) is 0 Å². The number of carbonyl (C=O) groups is 1. The lowest BCUT2D eigenvalue weighted by Crippen LogP contribution is -2.16. The first-order chi connectivity index (χ1) is 6.63. The fourth-order valence-electron chi connectivity index (χ4n) is 1.03. The van der Waals surface area contributed by atoms with E-state index >= 15 is 0 Å². The Bertz CT molecular complexity index is 317. The van der Waals surface area contributed by atoms with E-state index in [0.29, 0.717) is 10.9 Å². The van der Waals surface area contributed by atoms with E-state index in [9.17, 15) is 4.79 Å². The number of hydrogen-bond donors (Lipinski definition) is 1. The maximum Gasteiger partial charge on any atom is 0.307 e. The summed E-state index contributed by atoms with van der Waals surface area (Å²) < 4.78 is 5.47. The lowest BCUT2D eigenvalue weighted by Gasteiger charge is -2.07. The van der Waals surface area contributed by atoms with Crippen molar-refractivity contribution < 1.29 is 9.53 Å². The predicted octanol–water partition coefficient (Wildman–Crippen LogP) is 2.78. The van der Waals surface area contributed by atoms with Crippen LogP contribution in [0.1, 0.15) is 24.3 Å². The molecule has 0 spiro atoms. The summed E-state index contributed by atoms with van der Waals surface area (Å²) in [6, 6.07) is 3.29. The molecule has 0 aliphatic heterocycles. The van der Waals surface area contributed by atoms with Gasteiger partial charge in [-0.05, 0) is 19.1 Å². The first kappa shape index (κ1) is 14.7. The monoisotopic (exact) mass is 269 g/mol. The summed E-state index contributed by atoms with van der Waals surface area (Å²) in [5, 5.41) is 0. The van der Waals surface area contributed by atoms with Gasteiger partial charge in [0, 0.05) is 10.9 Å². The molecule has 86 valence electrons. The summed E-state index contributed by atoms with van der Waals surface area (Å²) in [6.45, 7) is 2.15. The van der Waals surface area contributed by atoms with Crippen LogP contribution in [0.5, 0.6) is 0 Å². The molecular weight excluding hydrogens is 257 g/mol. The molecule has 0 aromatic carbocycles. The molecule has 6 heteroatoms. The van der Waals surface area contributed by atoms with Gasteiger partial charge in [0.2, 0.25) is 0 Å². The van der Waals surface area contributed by atoms with E-state index in [1.54, 1.807) is 13.0 Å². The molecule has 0 unspecified atom stereocenters. The molecule has 1 atom stereocenters. The minimum atomic E-state index is -0.313. The number of carbonyl (C=O) groups excluding carboxylic acids is 1. The van der Waals surface area contributed by atoms with E-state index in [1.165, 1.54) is 11.3 Å². The SMILES string of the molecule is CCOC(=O)C[C@@H](N)c1ccc(Cl)s1.Cl. The minimum absolute atomic E-state index is 0. The molecule has 0 radical (unpaired) electrons. The Morgan fingerprint density at radius 1 is 1.67 bits per heavy atom. The molecule has 0 amide bonds. The third kappa shape index (κ3) is 4.84. The van der Waals surface area contributed by atoms with E-state index in [1.807, 2.05) is 6.07 Å². The summed E-state index contributed by atoms with van der Waals surface area (Å²) in [5.41, 5.74) is 5.79. The zero-order valence-electron chi connectivity index (χ0n) is 8.23. The molecule has 0 saturated carbocycles. The van der Waals surface area contributed by atoms with Crippen molar-refractivity contribution in [1.29, 1.82) is 0 Å². The third-order valence-electron chi connectivity index (χ3n) is 1.65. The fourth-order valence-corrected chi connectivity index (χ4v) is 2.09. The largest absolute Gasteiger partial charge is 0.466 e. The van der Waals surface area contributed by atoms with Crippen molar-refractivity contribution in [2.75, 3.05) is 6.61 Å². The van der Waals surface area contributed by atoms with Crippen LogP contribution in [0, 0.1) is 0 Å². The Hall–Kier alpha value is -0.290. The van der Waals surface area contributed by atoms with Gasteiger partial charge < -0.3 is 10.5 Å². The molecule has 1 aromatic heterocycles. The summed E-state index contributed by atoms with van der Waals surface area (Å²) in [6.07, 6.45) is 0.199. The van der Waals surface area contributed by atoms with Gasteiger partial charge in [-0.2, -0.15) is 0 Å². The molecule has 1 heterocycles. The number of hydrogen-bond acceptors (Lipinski definition) is 4. The van der Waals surface area contributed by atoms with Gasteiger partial charge in [0.25, 0.3) is 0 Å². The molecule has 0 fully saturated rings. The molecular formula is C9H13Cl2NO2S. The summed E-state index contributed by atoms with van der Waals surface area (Å²) in [4.78, 5) is 12.0. The van der Waals surface area contributed by atoms with Crippen molar-refractivity contribution >= 4 is 41.3 Å².